The maximum Gasteiger partial charge on any atom is 0.331 e. The standard InChI is InChI=1S/C16H20O4/c1-4-20-16(18)11-14(9-10-15(17)19-3)13-7-5-12(2)6-8-13/h5-8,11H,4,9-10H2,1-3H3/b14-11-. The number of aryl methyl sites for hydroxylation is 1. The predicted molar refractivity (Wildman–Crippen MR) is 77.0 cm³/mol. The van der Waals surface area contributed by atoms with E-state index in [-0.39, 0.29) is 12.4 Å². The number of rotatable bonds is 6. The van der Waals surface area contributed by atoms with Gasteiger partial charge in [-0.3, -0.25) is 4.79 Å². The number of methoxy groups -OCH3 is 1. The van der Waals surface area contributed by atoms with E-state index in [0.717, 1.165) is 16.7 Å². The SMILES string of the molecule is CCOC(=O)/C=C(/CCC(=O)OC)c1ccc(C)cc1. The van der Waals surface area contributed by atoms with Gasteiger partial charge in [-0.05, 0) is 31.4 Å². The van der Waals surface area contributed by atoms with Gasteiger partial charge < -0.3 is 9.47 Å². The molecule has 1 aromatic rings. The molecular weight excluding hydrogens is 256 g/mol. The van der Waals surface area contributed by atoms with Gasteiger partial charge in [-0.2, -0.15) is 0 Å². The quantitative estimate of drug-likeness (QED) is 0.592. The van der Waals surface area contributed by atoms with Gasteiger partial charge in [0, 0.05) is 12.5 Å². The van der Waals surface area contributed by atoms with Crippen LogP contribution in [-0.2, 0) is 19.1 Å². The Labute approximate surface area is 119 Å². The van der Waals surface area contributed by atoms with E-state index in [1.54, 1.807) is 6.92 Å². The second-order valence-electron chi connectivity index (χ2n) is 4.36. The van der Waals surface area contributed by atoms with Crippen molar-refractivity contribution in [2.24, 2.45) is 0 Å². The van der Waals surface area contributed by atoms with Crippen LogP contribution in [0.25, 0.3) is 5.57 Å². The summed E-state index contributed by atoms with van der Waals surface area (Å²) >= 11 is 0. The zero-order chi connectivity index (χ0) is 15.0. The maximum atomic E-state index is 11.6. The van der Waals surface area contributed by atoms with Gasteiger partial charge >= 0.3 is 11.9 Å². The van der Waals surface area contributed by atoms with Crippen LogP contribution in [-0.4, -0.2) is 25.7 Å². The van der Waals surface area contributed by atoms with Gasteiger partial charge in [0.2, 0.25) is 0 Å². The van der Waals surface area contributed by atoms with E-state index in [1.807, 2.05) is 31.2 Å². The summed E-state index contributed by atoms with van der Waals surface area (Å²) in [4.78, 5) is 22.8. The lowest BCUT2D eigenvalue weighted by atomic mass is 9.99. The molecule has 0 aromatic heterocycles. The summed E-state index contributed by atoms with van der Waals surface area (Å²) in [6.45, 7) is 4.08. The van der Waals surface area contributed by atoms with E-state index in [9.17, 15) is 9.59 Å². The Bertz CT molecular complexity index is 486. The molecule has 0 saturated carbocycles. The minimum Gasteiger partial charge on any atom is -0.469 e. The number of benzene rings is 1. The highest BCUT2D eigenvalue weighted by atomic mass is 16.5. The molecule has 1 rings (SSSR count). The summed E-state index contributed by atoms with van der Waals surface area (Å²) in [5, 5.41) is 0. The molecular formula is C16H20O4. The van der Waals surface area contributed by atoms with Crippen LogP contribution in [0.2, 0.25) is 0 Å². The molecule has 0 spiro atoms. The molecule has 0 atom stereocenters. The van der Waals surface area contributed by atoms with Crippen molar-refractivity contribution >= 4 is 17.5 Å². The van der Waals surface area contributed by atoms with Crippen LogP contribution in [0.3, 0.4) is 0 Å². The molecule has 0 aliphatic heterocycles. The zero-order valence-electron chi connectivity index (χ0n) is 12.1. The highest BCUT2D eigenvalue weighted by Crippen LogP contribution is 2.21. The Hall–Kier alpha value is -2.10. The molecule has 0 unspecified atom stereocenters. The topological polar surface area (TPSA) is 52.6 Å². The van der Waals surface area contributed by atoms with Crippen molar-refractivity contribution in [1.29, 1.82) is 0 Å². The first-order valence-electron chi connectivity index (χ1n) is 6.58. The third-order valence-electron chi connectivity index (χ3n) is 2.83. The van der Waals surface area contributed by atoms with Crippen LogP contribution in [0.1, 0.15) is 30.9 Å². The molecule has 0 bridgehead atoms. The molecule has 108 valence electrons. The first-order chi connectivity index (χ1) is 9.56. The molecule has 0 heterocycles. The Morgan fingerprint density at radius 2 is 1.80 bits per heavy atom. The van der Waals surface area contributed by atoms with Crippen molar-refractivity contribution in [2.75, 3.05) is 13.7 Å². The van der Waals surface area contributed by atoms with Gasteiger partial charge in [0.25, 0.3) is 0 Å². The van der Waals surface area contributed by atoms with Crippen molar-refractivity contribution in [3.8, 4) is 0 Å². The van der Waals surface area contributed by atoms with E-state index < -0.39 is 5.97 Å². The van der Waals surface area contributed by atoms with Crippen molar-refractivity contribution in [3.05, 3.63) is 41.5 Å². The second kappa shape index (κ2) is 8.15. The predicted octanol–water partition coefficient (Wildman–Crippen LogP) is 2.89. The maximum absolute atomic E-state index is 11.6. The average Bonchev–Trinajstić information content (AvgIpc) is 2.44. The fraction of sp³-hybridized carbons (Fsp3) is 0.375. The minimum absolute atomic E-state index is 0.232. The summed E-state index contributed by atoms with van der Waals surface area (Å²) in [6, 6.07) is 7.79. The highest BCUT2D eigenvalue weighted by Gasteiger charge is 2.09. The molecule has 0 amide bonds. The fourth-order valence-corrected chi connectivity index (χ4v) is 1.73. The van der Waals surface area contributed by atoms with Crippen LogP contribution < -0.4 is 0 Å². The Morgan fingerprint density at radius 3 is 2.35 bits per heavy atom. The van der Waals surface area contributed by atoms with Crippen LogP contribution in [0.5, 0.6) is 0 Å². The fourth-order valence-electron chi connectivity index (χ4n) is 1.73. The smallest absolute Gasteiger partial charge is 0.331 e. The first kappa shape index (κ1) is 16.0. The van der Waals surface area contributed by atoms with Gasteiger partial charge in [-0.15, -0.1) is 0 Å². The molecule has 0 saturated heterocycles. The number of hydrogen-bond acceptors (Lipinski definition) is 4. The number of ether oxygens (including phenoxy) is 2. The van der Waals surface area contributed by atoms with E-state index in [2.05, 4.69) is 4.74 Å². The molecule has 0 fully saturated rings. The normalized spacial score (nSPS) is 11.1. The summed E-state index contributed by atoms with van der Waals surface area (Å²) in [5.74, 6) is -0.695. The Kier molecular flexibility index (Phi) is 6.50. The third-order valence-corrected chi connectivity index (χ3v) is 2.83. The van der Waals surface area contributed by atoms with Gasteiger partial charge in [0.1, 0.15) is 0 Å². The van der Waals surface area contributed by atoms with E-state index >= 15 is 0 Å². The molecule has 4 nitrogen and oxygen atoms in total. The minimum atomic E-state index is -0.395. The van der Waals surface area contributed by atoms with Gasteiger partial charge in [0.15, 0.2) is 0 Å². The van der Waals surface area contributed by atoms with Gasteiger partial charge in [-0.25, -0.2) is 4.79 Å². The lowest BCUT2D eigenvalue weighted by Crippen LogP contribution is -2.04. The summed E-state index contributed by atoms with van der Waals surface area (Å²) in [7, 11) is 1.35. The lowest BCUT2D eigenvalue weighted by Gasteiger charge is -2.08. The number of carbonyl (C=O) groups excluding carboxylic acids is 2. The monoisotopic (exact) mass is 276 g/mol. The number of carbonyl (C=O) groups is 2. The molecule has 0 aliphatic rings. The van der Waals surface area contributed by atoms with Gasteiger partial charge in [0.05, 0.1) is 13.7 Å². The van der Waals surface area contributed by atoms with Gasteiger partial charge in [-0.1, -0.05) is 29.8 Å². The summed E-state index contributed by atoms with van der Waals surface area (Å²) in [5.41, 5.74) is 2.82. The van der Waals surface area contributed by atoms with Crippen molar-refractivity contribution < 1.29 is 19.1 Å². The van der Waals surface area contributed by atoms with E-state index in [4.69, 9.17) is 4.74 Å². The molecule has 0 radical (unpaired) electrons. The molecule has 20 heavy (non-hydrogen) atoms. The van der Waals surface area contributed by atoms with E-state index in [1.165, 1.54) is 13.2 Å². The first-order valence-corrected chi connectivity index (χ1v) is 6.58. The van der Waals surface area contributed by atoms with Crippen LogP contribution >= 0.6 is 0 Å². The van der Waals surface area contributed by atoms with Crippen molar-refractivity contribution in [1.82, 2.24) is 0 Å². The average molecular weight is 276 g/mol. The lowest BCUT2D eigenvalue weighted by molar-refractivity contribution is -0.140. The highest BCUT2D eigenvalue weighted by molar-refractivity contribution is 5.92. The number of allylic oxidation sites excluding steroid dienone is 1. The largest absolute Gasteiger partial charge is 0.469 e. The Balaban J connectivity index is 2.91. The van der Waals surface area contributed by atoms with E-state index in [0.29, 0.717) is 13.0 Å². The summed E-state index contributed by atoms with van der Waals surface area (Å²) in [6.07, 6.45) is 2.11. The van der Waals surface area contributed by atoms with Crippen LogP contribution in [0, 0.1) is 6.92 Å². The van der Waals surface area contributed by atoms with Crippen molar-refractivity contribution in [3.63, 3.8) is 0 Å². The number of hydrogen-bond donors (Lipinski definition) is 0. The zero-order valence-corrected chi connectivity index (χ0v) is 12.1. The molecule has 0 N–H and O–H groups in total. The van der Waals surface area contributed by atoms with Crippen LogP contribution in [0.15, 0.2) is 30.3 Å². The number of esters is 2. The van der Waals surface area contributed by atoms with Crippen molar-refractivity contribution in [2.45, 2.75) is 26.7 Å². The Morgan fingerprint density at radius 1 is 1.15 bits per heavy atom. The molecule has 4 heteroatoms. The van der Waals surface area contributed by atoms with Crippen LogP contribution in [0.4, 0.5) is 0 Å². The second-order valence-corrected chi connectivity index (χ2v) is 4.36. The molecule has 1 aromatic carbocycles. The third kappa shape index (κ3) is 5.26. The molecule has 0 aliphatic carbocycles. The summed E-state index contributed by atoms with van der Waals surface area (Å²) < 4.78 is 9.54.